The van der Waals surface area contributed by atoms with E-state index in [1.807, 2.05) is 24.3 Å². The maximum absolute atomic E-state index is 8.61. The van der Waals surface area contributed by atoms with Crippen LogP contribution in [0, 0.1) is 6.07 Å². The molecule has 2 aromatic rings. The Morgan fingerprint density at radius 3 is 3.27 bits per heavy atom. The van der Waals surface area contributed by atoms with Crippen molar-refractivity contribution in [2.75, 3.05) is 13.2 Å². The molecule has 0 saturated heterocycles. The standard InChI is InChI=1S/C12H12NO2/c14-7-2-8-15-11-5-4-10-3-1-6-13-12(10)9-11/h1,3-4,6,9,14H,2,7-8H2. The average molecular weight is 202 g/mol. The van der Waals surface area contributed by atoms with Gasteiger partial charge in [-0.25, -0.2) is 0 Å². The number of rotatable bonds is 4. The lowest BCUT2D eigenvalue weighted by Crippen LogP contribution is -1.99. The van der Waals surface area contributed by atoms with E-state index in [0.717, 1.165) is 10.9 Å². The van der Waals surface area contributed by atoms with E-state index in [1.54, 1.807) is 6.20 Å². The molecule has 1 heterocycles. The zero-order valence-electron chi connectivity index (χ0n) is 8.31. The largest absolute Gasteiger partial charge is 0.493 e. The highest BCUT2D eigenvalue weighted by Crippen LogP contribution is 2.17. The predicted molar refractivity (Wildman–Crippen MR) is 57.8 cm³/mol. The van der Waals surface area contributed by atoms with Crippen molar-refractivity contribution in [3.05, 3.63) is 36.5 Å². The Labute approximate surface area is 88.3 Å². The van der Waals surface area contributed by atoms with Crippen molar-refractivity contribution in [2.24, 2.45) is 0 Å². The number of nitrogens with zero attached hydrogens (tertiary/aromatic N) is 1. The number of aliphatic hydroxyl groups excluding tert-OH is 1. The van der Waals surface area contributed by atoms with Gasteiger partial charge in [0.15, 0.2) is 0 Å². The van der Waals surface area contributed by atoms with Crippen molar-refractivity contribution >= 4 is 10.9 Å². The lowest BCUT2D eigenvalue weighted by atomic mass is 10.2. The first-order valence-corrected chi connectivity index (χ1v) is 4.90. The van der Waals surface area contributed by atoms with Crippen LogP contribution in [-0.2, 0) is 0 Å². The van der Waals surface area contributed by atoms with Crippen molar-refractivity contribution < 1.29 is 9.84 Å². The Kier molecular flexibility index (Phi) is 3.15. The number of aromatic nitrogens is 1. The van der Waals surface area contributed by atoms with E-state index < -0.39 is 0 Å². The summed E-state index contributed by atoms with van der Waals surface area (Å²) in [5.41, 5.74) is 0.898. The van der Waals surface area contributed by atoms with Crippen LogP contribution in [0.3, 0.4) is 0 Å². The van der Waals surface area contributed by atoms with Gasteiger partial charge in [0.1, 0.15) is 5.75 Å². The summed E-state index contributed by atoms with van der Waals surface area (Å²) in [7, 11) is 0. The fraction of sp³-hybridized carbons (Fsp3) is 0.250. The van der Waals surface area contributed by atoms with Crippen LogP contribution < -0.4 is 4.74 Å². The van der Waals surface area contributed by atoms with Crippen molar-refractivity contribution in [1.82, 2.24) is 4.98 Å². The van der Waals surface area contributed by atoms with Gasteiger partial charge in [0.2, 0.25) is 0 Å². The number of ether oxygens (including phenoxy) is 1. The summed E-state index contributed by atoms with van der Waals surface area (Å²) in [6, 6.07) is 10.6. The van der Waals surface area contributed by atoms with Crippen LogP contribution >= 0.6 is 0 Å². The molecule has 0 spiro atoms. The van der Waals surface area contributed by atoms with Gasteiger partial charge in [-0.3, -0.25) is 4.98 Å². The molecule has 2 rings (SSSR count). The molecule has 1 aromatic heterocycles. The van der Waals surface area contributed by atoms with Gasteiger partial charge in [0.25, 0.3) is 0 Å². The van der Waals surface area contributed by atoms with E-state index in [9.17, 15) is 0 Å². The number of hydrogen-bond acceptors (Lipinski definition) is 3. The first kappa shape index (κ1) is 9.93. The molecule has 0 aliphatic heterocycles. The van der Waals surface area contributed by atoms with Crippen LogP contribution in [0.1, 0.15) is 6.42 Å². The molecule has 3 nitrogen and oxygen atoms in total. The molecule has 15 heavy (non-hydrogen) atoms. The molecule has 0 fully saturated rings. The Morgan fingerprint density at radius 1 is 1.47 bits per heavy atom. The Balaban J connectivity index is 2.16. The van der Waals surface area contributed by atoms with Crippen LogP contribution in [0.25, 0.3) is 10.9 Å². The first-order chi connectivity index (χ1) is 7.40. The predicted octanol–water partition coefficient (Wildman–Crippen LogP) is 1.80. The summed E-state index contributed by atoms with van der Waals surface area (Å²) < 4.78 is 5.40. The lowest BCUT2D eigenvalue weighted by molar-refractivity contribution is 0.233. The van der Waals surface area contributed by atoms with Gasteiger partial charge in [-0.15, -0.1) is 0 Å². The molecule has 0 atom stereocenters. The fourth-order valence-electron chi connectivity index (χ4n) is 1.32. The number of aliphatic hydroxyl groups is 1. The average Bonchev–Trinajstić information content (AvgIpc) is 2.29. The minimum absolute atomic E-state index is 0.145. The zero-order valence-corrected chi connectivity index (χ0v) is 8.31. The van der Waals surface area contributed by atoms with Gasteiger partial charge in [-0.2, -0.15) is 0 Å². The molecule has 3 heteroatoms. The molecule has 0 amide bonds. The van der Waals surface area contributed by atoms with Gasteiger partial charge in [0.05, 0.1) is 12.1 Å². The summed E-state index contributed by atoms with van der Waals surface area (Å²) in [4.78, 5) is 4.22. The SMILES string of the molecule is OCCCOc1[c]cc2cccnc2c1. The van der Waals surface area contributed by atoms with Crippen molar-refractivity contribution in [3.8, 4) is 5.75 Å². The Morgan fingerprint density at radius 2 is 2.40 bits per heavy atom. The quantitative estimate of drug-likeness (QED) is 0.769. The molecule has 1 N–H and O–H groups in total. The number of fused-ring (bicyclic) bond motifs is 1. The molecule has 77 valence electrons. The Hall–Kier alpha value is -1.61. The topological polar surface area (TPSA) is 42.4 Å². The fourth-order valence-corrected chi connectivity index (χ4v) is 1.32. The van der Waals surface area contributed by atoms with Crippen LogP contribution in [-0.4, -0.2) is 23.3 Å². The highest BCUT2D eigenvalue weighted by Gasteiger charge is 1.97. The molecule has 0 aliphatic rings. The van der Waals surface area contributed by atoms with Gasteiger partial charge in [0, 0.05) is 36.7 Å². The van der Waals surface area contributed by atoms with Crippen LogP contribution in [0.5, 0.6) is 5.75 Å². The van der Waals surface area contributed by atoms with Crippen molar-refractivity contribution in [2.45, 2.75) is 6.42 Å². The highest BCUT2D eigenvalue weighted by atomic mass is 16.5. The lowest BCUT2D eigenvalue weighted by Gasteiger charge is -2.05. The van der Waals surface area contributed by atoms with Gasteiger partial charge < -0.3 is 9.84 Å². The molecule has 0 aliphatic carbocycles. The molecular weight excluding hydrogens is 190 g/mol. The second-order valence-electron chi connectivity index (χ2n) is 3.20. The summed E-state index contributed by atoms with van der Waals surface area (Å²) >= 11 is 0. The van der Waals surface area contributed by atoms with E-state index in [-0.39, 0.29) is 6.61 Å². The smallest absolute Gasteiger partial charge is 0.129 e. The molecule has 0 bridgehead atoms. The highest BCUT2D eigenvalue weighted by molar-refractivity contribution is 5.79. The van der Waals surface area contributed by atoms with E-state index >= 15 is 0 Å². The van der Waals surface area contributed by atoms with Crippen LogP contribution in [0.4, 0.5) is 0 Å². The minimum Gasteiger partial charge on any atom is -0.493 e. The van der Waals surface area contributed by atoms with E-state index in [4.69, 9.17) is 9.84 Å². The van der Waals surface area contributed by atoms with Gasteiger partial charge in [-0.1, -0.05) is 6.07 Å². The van der Waals surface area contributed by atoms with Crippen LogP contribution in [0.2, 0.25) is 0 Å². The summed E-state index contributed by atoms with van der Waals surface area (Å²) in [5, 5.41) is 9.66. The third-order valence-corrected chi connectivity index (χ3v) is 2.07. The van der Waals surface area contributed by atoms with E-state index in [0.29, 0.717) is 18.8 Å². The van der Waals surface area contributed by atoms with Crippen LogP contribution in [0.15, 0.2) is 30.5 Å². The summed E-state index contributed by atoms with van der Waals surface area (Å²) in [5.74, 6) is 0.676. The molecule has 0 saturated carbocycles. The monoisotopic (exact) mass is 202 g/mol. The summed E-state index contributed by atoms with van der Waals surface area (Å²) in [6.07, 6.45) is 2.38. The summed E-state index contributed by atoms with van der Waals surface area (Å²) in [6.45, 7) is 0.650. The molecule has 1 radical (unpaired) electrons. The number of hydrogen-bond donors (Lipinski definition) is 1. The van der Waals surface area contributed by atoms with Crippen molar-refractivity contribution in [3.63, 3.8) is 0 Å². The third-order valence-electron chi connectivity index (χ3n) is 2.07. The van der Waals surface area contributed by atoms with E-state index in [1.165, 1.54) is 0 Å². The van der Waals surface area contributed by atoms with E-state index in [2.05, 4.69) is 11.1 Å². The second-order valence-corrected chi connectivity index (χ2v) is 3.20. The molecule has 0 unspecified atom stereocenters. The maximum Gasteiger partial charge on any atom is 0.129 e. The first-order valence-electron chi connectivity index (χ1n) is 4.90. The number of benzene rings is 1. The minimum atomic E-state index is 0.145. The zero-order chi connectivity index (χ0) is 10.5. The third kappa shape index (κ3) is 2.44. The normalized spacial score (nSPS) is 10.5. The molecular formula is C12H12NO2. The molecule has 1 aromatic carbocycles. The maximum atomic E-state index is 8.61. The number of pyridine rings is 1. The second kappa shape index (κ2) is 4.75. The van der Waals surface area contributed by atoms with Gasteiger partial charge >= 0.3 is 0 Å². The van der Waals surface area contributed by atoms with Gasteiger partial charge in [-0.05, 0) is 12.1 Å². The van der Waals surface area contributed by atoms with Crippen molar-refractivity contribution in [1.29, 1.82) is 0 Å². The Bertz CT molecular complexity index is 442.